The number of methoxy groups -OCH3 is 1. The Bertz CT molecular complexity index is 1200. The zero-order valence-corrected chi connectivity index (χ0v) is 19.1. The van der Waals surface area contributed by atoms with Crippen LogP contribution in [-0.2, 0) is 11.4 Å². The second-order valence-electron chi connectivity index (χ2n) is 6.93. The first-order chi connectivity index (χ1) is 15.4. The molecule has 0 bridgehead atoms. The number of amides is 1. The third-order valence-electron chi connectivity index (χ3n) is 4.54. The van der Waals surface area contributed by atoms with Crippen LogP contribution in [0.25, 0.3) is 6.08 Å². The molecule has 0 fully saturated rings. The van der Waals surface area contributed by atoms with Crippen molar-refractivity contribution < 1.29 is 18.7 Å². The van der Waals surface area contributed by atoms with Crippen LogP contribution in [0.15, 0.2) is 70.7 Å². The Morgan fingerprint density at radius 1 is 1.16 bits per heavy atom. The highest BCUT2D eigenvalue weighted by molar-refractivity contribution is 9.10. The molecule has 0 spiro atoms. The van der Waals surface area contributed by atoms with Crippen LogP contribution in [0.5, 0.6) is 11.5 Å². The summed E-state index contributed by atoms with van der Waals surface area (Å²) in [7, 11) is 1.49. The molecule has 3 aromatic carbocycles. The summed E-state index contributed by atoms with van der Waals surface area (Å²) in [6.45, 7) is 2.10. The third-order valence-corrected chi connectivity index (χ3v) is 5.23. The Balaban J connectivity index is 1.81. The molecule has 0 aliphatic carbocycles. The van der Waals surface area contributed by atoms with Gasteiger partial charge in [-0.2, -0.15) is 5.26 Å². The molecule has 32 heavy (non-hydrogen) atoms. The van der Waals surface area contributed by atoms with Crippen molar-refractivity contribution in [1.82, 2.24) is 0 Å². The number of anilines is 1. The van der Waals surface area contributed by atoms with Crippen molar-refractivity contribution in [3.05, 3.63) is 93.2 Å². The van der Waals surface area contributed by atoms with Crippen LogP contribution in [0.1, 0.15) is 16.7 Å². The first kappa shape index (κ1) is 23.0. The van der Waals surface area contributed by atoms with E-state index < -0.39 is 5.91 Å². The first-order valence-corrected chi connectivity index (χ1v) is 10.4. The molecule has 0 heterocycles. The number of carbonyl (C=O) groups excluding carboxylic acids is 1. The zero-order chi connectivity index (χ0) is 23.1. The van der Waals surface area contributed by atoms with E-state index in [2.05, 4.69) is 21.2 Å². The first-order valence-electron chi connectivity index (χ1n) is 9.64. The Hall–Kier alpha value is -3.63. The van der Waals surface area contributed by atoms with E-state index in [1.165, 1.54) is 25.3 Å². The van der Waals surface area contributed by atoms with Crippen LogP contribution in [0.3, 0.4) is 0 Å². The molecule has 3 rings (SSSR count). The lowest BCUT2D eigenvalue weighted by molar-refractivity contribution is -0.112. The molecule has 1 N–H and O–H groups in total. The van der Waals surface area contributed by atoms with Gasteiger partial charge in [0.25, 0.3) is 5.91 Å². The number of carbonyl (C=O) groups is 1. The predicted molar refractivity (Wildman–Crippen MR) is 125 cm³/mol. The number of benzene rings is 3. The smallest absolute Gasteiger partial charge is 0.266 e. The van der Waals surface area contributed by atoms with Gasteiger partial charge in [-0.3, -0.25) is 4.79 Å². The fraction of sp³-hybridized carbons (Fsp3) is 0.120. The van der Waals surface area contributed by atoms with E-state index in [-0.39, 0.29) is 18.0 Å². The number of rotatable bonds is 7. The molecule has 3 aromatic rings. The molecule has 0 saturated heterocycles. The Morgan fingerprint density at radius 2 is 1.91 bits per heavy atom. The molecule has 1 amide bonds. The molecule has 0 radical (unpaired) electrons. The van der Waals surface area contributed by atoms with Gasteiger partial charge in [-0.25, -0.2) is 4.39 Å². The van der Waals surface area contributed by atoms with Gasteiger partial charge in [0.15, 0.2) is 11.5 Å². The summed E-state index contributed by atoms with van der Waals surface area (Å²) in [6.07, 6.45) is 1.46. The largest absolute Gasteiger partial charge is 0.493 e. The average Bonchev–Trinajstić information content (AvgIpc) is 2.78. The quantitative estimate of drug-likeness (QED) is 0.321. The lowest BCUT2D eigenvalue weighted by atomic mass is 10.1. The van der Waals surface area contributed by atoms with Gasteiger partial charge in [-0.1, -0.05) is 45.8 Å². The monoisotopic (exact) mass is 494 g/mol. The van der Waals surface area contributed by atoms with Gasteiger partial charge in [0.2, 0.25) is 0 Å². The Labute approximate surface area is 194 Å². The van der Waals surface area contributed by atoms with E-state index in [0.717, 1.165) is 5.56 Å². The standard InChI is InChI=1S/C25H20BrFN2O3/c1-16-6-8-21(9-7-16)29-25(30)19(14-28)11-18-12-23(31-2)24(13-22(18)26)32-15-17-4-3-5-20(27)10-17/h3-13H,15H2,1-2H3,(H,29,30)/b19-11+. The topological polar surface area (TPSA) is 71.3 Å². The molecule has 0 aliphatic rings. The molecule has 0 aliphatic heterocycles. The number of hydrogen-bond donors (Lipinski definition) is 1. The van der Waals surface area contributed by atoms with Crippen LogP contribution in [0.4, 0.5) is 10.1 Å². The Morgan fingerprint density at radius 3 is 2.56 bits per heavy atom. The summed E-state index contributed by atoms with van der Waals surface area (Å²) in [5.41, 5.74) is 2.83. The lowest BCUT2D eigenvalue weighted by Crippen LogP contribution is -2.13. The second kappa shape index (κ2) is 10.6. The van der Waals surface area contributed by atoms with E-state index >= 15 is 0 Å². The van der Waals surface area contributed by atoms with Gasteiger partial charge in [-0.15, -0.1) is 0 Å². The number of aryl methyl sites for hydroxylation is 1. The number of halogens is 2. The van der Waals surface area contributed by atoms with E-state index in [1.807, 2.05) is 25.1 Å². The van der Waals surface area contributed by atoms with E-state index in [0.29, 0.717) is 32.8 Å². The van der Waals surface area contributed by atoms with Crippen molar-refractivity contribution >= 4 is 33.6 Å². The summed E-state index contributed by atoms with van der Waals surface area (Å²) >= 11 is 3.45. The molecule has 0 saturated carbocycles. The van der Waals surface area contributed by atoms with E-state index in [9.17, 15) is 14.4 Å². The van der Waals surface area contributed by atoms with Crippen LogP contribution < -0.4 is 14.8 Å². The van der Waals surface area contributed by atoms with Gasteiger partial charge in [0.05, 0.1) is 7.11 Å². The maximum Gasteiger partial charge on any atom is 0.266 e. The summed E-state index contributed by atoms with van der Waals surface area (Å²) < 4.78 is 25.2. The van der Waals surface area contributed by atoms with Crippen molar-refractivity contribution in [2.24, 2.45) is 0 Å². The molecule has 0 unspecified atom stereocenters. The van der Waals surface area contributed by atoms with E-state index in [1.54, 1.807) is 36.4 Å². The van der Waals surface area contributed by atoms with Crippen LogP contribution >= 0.6 is 15.9 Å². The minimum Gasteiger partial charge on any atom is -0.493 e. The minimum absolute atomic E-state index is 0.0678. The average molecular weight is 495 g/mol. The summed E-state index contributed by atoms with van der Waals surface area (Å²) in [6, 6.07) is 18.7. The number of nitriles is 1. The maximum absolute atomic E-state index is 13.4. The maximum atomic E-state index is 13.4. The number of nitrogens with one attached hydrogen (secondary N) is 1. The highest BCUT2D eigenvalue weighted by atomic mass is 79.9. The fourth-order valence-corrected chi connectivity index (χ4v) is 3.30. The minimum atomic E-state index is -0.520. The van der Waals surface area contributed by atoms with Crippen molar-refractivity contribution in [2.75, 3.05) is 12.4 Å². The van der Waals surface area contributed by atoms with E-state index in [4.69, 9.17) is 9.47 Å². The normalized spacial score (nSPS) is 10.9. The molecule has 7 heteroatoms. The number of nitrogens with zero attached hydrogens (tertiary/aromatic N) is 1. The molecule has 5 nitrogen and oxygen atoms in total. The van der Waals surface area contributed by atoms with Gasteiger partial charge in [0, 0.05) is 10.2 Å². The van der Waals surface area contributed by atoms with Gasteiger partial charge in [0.1, 0.15) is 24.1 Å². The van der Waals surface area contributed by atoms with Crippen LogP contribution in [-0.4, -0.2) is 13.0 Å². The summed E-state index contributed by atoms with van der Waals surface area (Å²) in [5.74, 6) is -0.0168. The molecular weight excluding hydrogens is 475 g/mol. The van der Waals surface area contributed by atoms with Gasteiger partial charge in [-0.05, 0) is 60.5 Å². The summed E-state index contributed by atoms with van der Waals surface area (Å²) in [5, 5.41) is 12.2. The highest BCUT2D eigenvalue weighted by Crippen LogP contribution is 2.35. The van der Waals surface area contributed by atoms with Crippen LogP contribution in [0, 0.1) is 24.1 Å². The fourth-order valence-electron chi connectivity index (χ4n) is 2.86. The van der Waals surface area contributed by atoms with Crippen LogP contribution in [0.2, 0.25) is 0 Å². The van der Waals surface area contributed by atoms with Crippen molar-refractivity contribution in [3.8, 4) is 17.6 Å². The second-order valence-corrected chi connectivity index (χ2v) is 7.79. The molecule has 0 aromatic heterocycles. The summed E-state index contributed by atoms with van der Waals surface area (Å²) in [4.78, 5) is 12.5. The lowest BCUT2D eigenvalue weighted by Gasteiger charge is -2.13. The Kier molecular flexibility index (Phi) is 7.63. The third kappa shape index (κ3) is 5.96. The van der Waals surface area contributed by atoms with Crippen molar-refractivity contribution in [2.45, 2.75) is 13.5 Å². The molecular formula is C25H20BrFN2O3. The van der Waals surface area contributed by atoms with Gasteiger partial charge < -0.3 is 14.8 Å². The van der Waals surface area contributed by atoms with Crippen molar-refractivity contribution in [3.63, 3.8) is 0 Å². The molecule has 0 atom stereocenters. The zero-order valence-electron chi connectivity index (χ0n) is 17.5. The predicted octanol–water partition coefficient (Wildman–Crippen LogP) is 6.03. The number of hydrogen-bond acceptors (Lipinski definition) is 4. The molecule has 162 valence electrons. The van der Waals surface area contributed by atoms with Crippen molar-refractivity contribution in [1.29, 1.82) is 5.26 Å². The SMILES string of the molecule is COc1cc(/C=C(\C#N)C(=O)Nc2ccc(C)cc2)c(Br)cc1OCc1cccc(F)c1. The number of ether oxygens (including phenoxy) is 2. The van der Waals surface area contributed by atoms with Gasteiger partial charge >= 0.3 is 0 Å². The highest BCUT2D eigenvalue weighted by Gasteiger charge is 2.14.